The Kier molecular flexibility index (Phi) is 4.15. The van der Waals surface area contributed by atoms with Gasteiger partial charge in [0.15, 0.2) is 0 Å². The Hall–Kier alpha value is -1.56. The zero-order valence-corrected chi connectivity index (χ0v) is 8.00. The quantitative estimate of drug-likeness (QED) is 0.348. The van der Waals surface area contributed by atoms with Crippen LogP contribution in [0.5, 0.6) is 0 Å². The van der Waals surface area contributed by atoms with Crippen molar-refractivity contribution in [1.82, 2.24) is 0 Å². The second-order valence-corrected chi connectivity index (χ2v) is 2.83. The molecule has 0 aromatic heterocycles. The Bertz CT molecular complexity index is 366. The number of rotatable bonds is 3. The predicted octanol–water partition coefficient (Wildman–Crippen LogP) is 2.45. The number of carbonyl (C=O) groups excluding carboxylic acids is 2. The van der Waals surface area contributed by atoms with Crippen molar-refractivity contribution in [1.29, 1.82) is 0 Å². The van der Waals surface area contributed by atoms with Crippen LogP contribution < -0.4 is 0 Å². The number of carbonyl (C=O) groups is 2. The highest BCUT2D eigenvalue weighted by atomic mass is 19.4. The van der Waals surface area contributed by atoms with Gasteiger partial charge in [0, 0.05) is 0 Å². The van der Waals surface area contributed by atoms with E-state index in [9.17, 15) is 53.5 Å². The van der Waals surface area contributed by atoms with Gasteiger partial charge in [-0.3, -0.25) is 4.79 Å². The smallest absolute Gasteiger partial charge is 0.408 e. The fraction of sp³-hybridized carbons (Fsp3) is 0.667. The van der Waals surface area contributed by atoms with Gasteiger partial charge in [0.1, 0.15) is 0 Å². The van der Waals surface area contributed by atoms with Crippen molar-refractivity contribution in [2.75, 3.05) is 0 Å². The first kappa shape index (κ1) is 17.4. The molecule has 0 heterocycles. The molecule has 0 aliphatic carbocycles. The number of esters is 1. The largest absolute Gasteiger partial charge is 0.470 e. The molecule has 0 unspecified atom stereocenters. The summed E-state index contributed by atoms with van der Waals surface area (Å²) in [7, 11) is 0. The minimum atomic E-state index is -6.98. The van der Waals surface area contributed by atoms with E-state index in [0.29, 0.717) is 0 Å². The third-order valence-electron chi connectivity index (χ3n) is 1.47. The van der Waals surface area contributed by atoms with Crippen LogP contribution in [-0.2, 0) is 14.3 Å². The molecule has 112 valence electrons. The lowest BCUT2D eigenvalue weighted by molar-refractivity contribution is -0.419. The van der Waals surface area contributed by atoms with E-state index >= 15 is 0 Å². The molecule has 0 amide bonds. The molecule has 0 aliphatic rings. The summed E-state index contributed by atoms with van der Waals surface area (Å²) in [6, 6.07) is -3.91. The minimum Gasteiger partial charge on any atom is -0.408 e. The highest BCUT2D eigenvalue weighted by Gasteiger charge is 2.77. The summed E-state index contributed by atoms with van der Waals surface area (Å²) >= 11 is 0. The number of ether oxygens (including phenoxy) is 1. The third kappa shape index (κ3) is 3.07. The average Bonchev–Trinajstić information content (AvgIpc) is 2.13. The summed E-state index contributed by atoms with van der Waals surface area (Å²) < 4.78 is 121. The lowest BCUT2D eigenvalue weighted by Gasteiger charge is -2.29. The second-order valence-electron chi connectivity index (χ2n) is 2.83. The monoisotopic (exact) mass is 310 g/mol. The van der Waals surface area contributed by atoms with Gasteiger partial charge in [-0.05, 0) is 0 Å². The van der Waals surface area contributed by atoms with Crippen LogP contribution in [0.15, 0.2) is 0 Å². The van der Waals surface area contributed by atoms with Crippen LogP contribution in [-0.4, -0.2) is 36.1 Å². The van der Waals surface area contributed by atoms with E-state index < -0.39 is 36.1 Å². The van der Waals surface area contributed by atoms with Crippen LogP contribution in [0.4, 0.5) is 43.9 Å². The van der Waals surface area contributed by atoms with E-state index in [4.69, 9.17) is 0 Å². The normalized spacial score (nSPS) is 14.2. The van der Waals surface area contributed by atoms with Crippen LogP contribution in [0.1, 0.15) is 0 Å². The molecule has 0 spiro atoms. The van der Waals surface area contributed by atoms with Gasteiger partial charge in [-0.15, -0.1) is 0 Å². The molecule has 13 heteroatoms. The third-order valence-corrected chi connectivity index (χ3v) is 1.47. The van der Waals surface area contributed by atoms with Crippen molar-refractivity contribution < 1.29 is 58.2 Å². The van der Waals surface area contributed by atoms with Crippen molar-refractivity contribution in [3.8, 4) is 0 Å². The molecule has 0 saturated heterocycles. The topological polar surface area (TPSA) is 43.4 Å². The maximum Gasteiger partial charge on any atom is 0.470 e. The molecule has 0 radical (unpaired) electrons. The van der Waals surface area contributed by atoms with Gasteiger partial charge in [-0.2, -0.15) is 43.9 Å². The highest BCUT2D eigenvalue weighted by Crippen LogP contribution is 2.47. The molecule has 0 N–H and O–H groups in total. The Labute approximate surface area is 95.7 Å². The molecule has 0 fully saturated rings. The number of hydrogen-bond acceptors (Lipinski definition) is 3. The van der Waals surface area contributed by atoms with Crippen molar-refractivity contribution in [3.05, 3.63) is 0 Å². The van der Waals surface area contributed by atoms with Crippen molar-refractivity contribution in [2.45, 2.75) is 24.1 Å². The first-order valence-electron chi connectivity index (χ1n) is 3.71. The van der Waals surface area contributed by atoms with Gasteiger partial charge in [-0.25, -0.2) is 4.79 Å². The highest BCUT2D eigenvalue weighted by molar-refractivity contribution is 6.01. The van der Waals surface area contributed by atoms with Gasteiger partial charge < -0.3 is 4.74 Å². The summed E-state index contributed by atoms with van der Waals surface area (Å²) in [5, 5.41) is 0. The van der Waals surface area contributed by atoms with Gasteiger partial charge in [-0.1, -0.05) is 0 Å². The van der Waals surface area contributed by atoms with E-state index in [1.54, 1.807) is 0 Å². The van der Waals surface area contributed by atoms with Crippen molar-refractivity contribution in [2.24, 2.45) is 0 Å². The molecular formula is C6F10O3. The maximum atomic E-state index is 12.6. The summed E-state index contributed by atoms with van der Waals surface area (Å²) in [5.41, 5.74) is 0. The Morgan fingerprint density at radius 3 is 1.26 bits per heavy atom. The van der Waals surface area contributed by atoms with Crippen LogP contribution in [0.25, 0.3) is 0 Å². The summed E-state index contributed by atoms with van der Waals surface area (Å²) in [6.45, 7) is 0. The standard InChI is InChI=1S/C6F10O3/c7-1(17)3(8,9)2(18)19-4(10,5(11,12)13)6(14,15)16. The van der Waals surface area contributed by atoms with E-state index in [2.05, 4.69) is 0 Å². The fourth-order valence-corrected chi connectivity index (χ4v) is 0.549. The molecule has 0 rings (SSSR count). The van der Waals surface area contributed by atoms with Crippen LogP contribution in [0, 0.1) is 0 Å². The van der Waals surface area contributed by atoms with Crippen molar-refractivity contribution >= 4 is 12.0 Å². The SMILES string of the molecule is O=C(F)C(F)(F)C(=O)OC(F)(C(F)(F)F)C(F)(F)F. The minimum absolute atomic E-state index is 1.93. The fourth-order valence-electron chi connectivity index (χ4n) is 0.549. The lowest BCUT2D eigenvalue weighted by atomic mass is 10.2. The molecule has 3 nitrogen and oxygen atoms in total. The second kappa shape index (κ2) is 4.52. The zero-order valence-electron chi connectivity index (χ0n) is 8.00. The molecule has 0 aliphatic heterocycles. The first-order chi connectivity index (χ1) is 8.07. The first-order valence-corrected chi connectivity index (χ1v) is 3.71. The van der Waals surface area contributed by atoms with Gasteiger partial charge in [0.25, 0.3) is 0 Å². The Morgan fingerprint density at radius 2 is 1.05 bits per heavy atom. The summed E-state index contributed by atoms with van der Waals surface area (Å²) in [6.07, 6.45) is -14.0. The number of halogens is 10. The maximum absolute atomic E-state index is 12.6. The molecular weight excluding hydrogens is 310 g/mol. The van der Waals surface area contributed by atoms with E-state index in [0.717, 1.165) is 0 Å². The predicted molar refractivity (Wildman–Crippen MR) is 33.1 cm³/mol. The molecule has 0 atom stereocenters. The number of hydrogen-bond donors (Lipinski definition) is 0. The molecule has 0 saturated carbocycles. The molecule has 19 heavy (non-hydrogen) atoms. The Morgan fingerprint density at radius 1 is 0.737 bits per heavy atom. The summed E-state index contributed by atoms with van der Waals surface area (Å²) in [5.74, 6) is -16.8. The molecule has 0 bridgehead atoms. The summed E-state index contributed by atoms with van der Waals surface area (Å²) in [4.78, 5) is 19.6. The van der Waals surface area contributed by atoms with E-state index in [1.807, 2.05) is 4.74 Å². The van der Waals surface area contributed by atoms with Gasteiger partial charge >= 0.3 is 36.1 Å². The van der Waals surface area contributed by atoms with Gasteiger partial charge in [0.2, 0.25) is 0 Å². The van der Waals surface area contributed by atoms with Crippen LogP contribution >= 0.6 is 0 Å². The zero-order chi connectivity index (χ0) is 15.9. The average molecular weight is 310 g/mol. The molecule has 0 aromatic rings. The number of alkyl halides is 9. The van der Waals surface area contributed by atoms with Crippen LogP contribution in [0.2, 0.25) is 0 Å². The lowest BCUT2D eigenvalue weighted by Crippen LogP contribution is -2.58. The Balaban J connectivity index is 5.54. The molecule has 0 aromatic carbocycles. The van der Waals surface area contributed by atoms with Gasteiger partial charge in [0.05, 0.1) is 0 Å². The van der Waals surface area contributed by atoms with E-state index in [-0.39, 0.29) is 0 Å². The van der Waals surface area contributed by atoms with Crippen molar-refractivity contribution in [3.63, 3.8) is 0 Å². The van der Waals surface area contributed by atoms with Crippen LogP contribution in [0.3, 0.4) is 0 Å². The van der Waals surface area contributed by atoms with E-state index in [1.165, 1.54) is 0 Å².